The van der Waals surface area contributed by atoms with Crippen molar-refractivity contribution in [3.8, 4) is 0 Å². The van der Waals surface area contributed by atoms with E-state index in [1.54, 1.807) is 0 Å². The average molecular weight is 742 g/mol. The third-order valence-corrected chi connectivity index (χ3v) is 8.42. The Bertz CT molecular complexity index is 1330. The first kappa shape index (κ1) is 40.5. The highest BCUT2D eigenvalue weighted by Gasteiger charge is 2.57. The summed E-state index contributed by atoms with van der Waals surface area (Å²) in [5.41, 5.74) is 0.709. The van der Waals surface area contributed by atoms with Gasteiger partial charge < -0.3 is 52.7 Å². The number of rotatable bonds is 15. The van der Waals surface area contributed by atoms with Gasteiger partial charge in [0.1, 0.15) is 37.1 Å². The van der Waals surface area contributed by atoms with Gasteiger partial charge in [-0.2, -0.15) is 12.6 Å². The summed E-state index contributed by atoms with van der Waals surface area (Å²) in [6, 6.07) is 8.14. The fraction of sp³-hybridized carbons (Fsp3) is 0.676. The summed E-state index contributed by atoms with van der Waals surface area (Å²) in [4.78, 5) is 61.6. The molecule has 284 valence electrons. The highest BCUT2D eigenvalue weighted by Crippen LogP contribution is 2.38. The third kappa shape index (κ3) is 11.6. The molecule has 1 amide bonds. The van der Waals surface area contributed by atoms with Gasteiger partial charge in [-0.15, -0.1) is 0 Å². The zero-order chi connectivity index (χ0) is 37.1. The minimum absolute atomic E-state index is 0.0506. The first-order valence-electron chi connectivity index (χ1n) is 16.8. The number of unbranched alkanes of at least 4 members (excludes halogenated alkanes) is 2. The van der Waals surface area contributed by atoms with Crippen molar-refractivity contribution in [3.05, 3.63) is 35.9 Å². The summed E-state index contributed by atoms with van der Waals surface area (Å²) < 4.78 is 59.8. The molecule has 0 saturated carbocycles. The molecule has 3 fully saturated rings. The van der Waals surface area contributed by atoms with Crippen LogP contribution in [-0.4, -0.2) is 117 Å². The van der Waals surface area contributed by atoms with Gasteiger partial charge in [0.25, 0.3) is 0 Å². The molecule has 0 aliphatic carbocycles. The number of hydrogen-bond acceptors (Lipinski definition) is 16. The Labute approximate surface area is 301 Å². The molecule has 17 heteroatoms. The minimum atomic E-state index is -1.57. The van der Waals surface area contributed by atoms with E-state index in [0.29, 0.717) is 12.0 Å². The number of thiol groups is 1. The Balaban J connectivity index is 1.76. The zero-order valence-electron chi connectivity index (χ0n) is 29.3. The molecule has 3 saturated heterocycles. The van der Waals surface area contributed by atoms with E-state index < -0.39 is 104 Å². The van der Waals surface area contributed by atoms with Crippen molar-refractivity contribution in [1.82, 2.24) is 5.32 Å². The molecular weight excluding hydrogens is 694 g/mol. The monoisotopic (exact) mass is 741 g/mol. The maximum Gasteiger partial charge on any atom is 0.303 e. The van der Waals surface area contributed by atoms with Gasteiger partial charge in [0.2, 0.25) is 5.91 Å². The van der Waals surface area contributed by atoms with E-state index in [-0.39, 0.29) is 13.2 Å². The predicted molar refractivity (Wildman–Crippen MR) is 177 cm³/mol. The van der Waals surface area contributed by atoms with E-state index in [0.717, 1.165) is 39.4 Å². The number of nitrogens with one attached hydrogen (secondary N) is 1. The van der Waals surface area contributed by atoms with Crippen molar-refractivity contribution in [2.24, 2.45) is 0 Å². The van der Waals surface area contributed by atoms with Crippen LogP contribution in [0.4, 0.5) is 0 Å². The molecule has 0 bridgehead atoms. The largest absolute Gasteiger partial charge is 0.463 e. The van der Waals surface area contributed by atoms with Gasteiger partial charge in [0.15, 0.2) is 37.2 Å². The third-order valence-electron chi connectivity index (χ3n) is 8.10. The standard InChI is InChI=1S/C34H47NO15S/c1-18(36)35-26-29(27-25(47-33(26)41-14-10-7-11-15-51)17-43-32(49-27)23-12-8-6-9-13-23)50-34-31(46-22(5)40)30(45-21(4)39)28(44-20(3)38)24(48-34)16-42-19(2)37/h6,8-9,12-13,24-34,51H,7,10-11,14-17H2,1-5H3,(H,35,36). The first-order valence-corrected chi connectivity index (χ1v) is 17.4. The summed E-state index contributed by atoms with van der Waals surface area (Å²) in [5.74, 6) is -2.75. The molecule has 1 N–H and O–H groups in total. The lowest BCUT2D eigenvalue weighted by Crippen LogP contribution is -2.70. The first-order chi connectivity index (χ1) is 24.4. The topological polar surface area (TPSA) is 190 Å². The molecule has 51 heavy (non-hydrogen) atoms. The van der Waals surface area contributed by atoms with Crippen molar-refractivity contribution >= 4 is 42.4 Å². The number of carbonyl (C=O) groups is 5. The fourth-order valence-electron chi connectivity index (χ4n) is 6.09. The van der Waals surface area contributed by atoms with Gasteiger partial charge in [0.05, 0.1) is 6.61 Å². The van der Waals surface area contributed by atoms with E-state index in [1.807, 2.05) is 30.3 Å². The number of ether oxygens (including phenoxy) is 10. The second-order valence-electron chi connectivity index (χ2n) is 12.3. The Morgan fingerprint density at radius 1 is 0.765 bits per heavy atom. The lowest BCUT2D eigenvalue weighted by molar-refractivity contribution is -0.378. The number of amides is 1. The molecule has 1 aromatic rings. The van der Waals surface area contributed by atoms with Crippen molar-refractivity contribution in [1.29, 1.82) is 0 Å². The summed E-state index contributed by atoms with van der Waals surface area (Å²) in [6.07, 6.45) is -9.53. The smallest absolute Gasteiger partial charge is 0.303 e. The second-order valence-corrected chi connectivity index (χ2v) is 12.7. The van der Waals surface area contributed by atoms with Crippen LogP contribution in [0, 0.1) is 0 Å². The van der Waals surface area contributed by atoms with E-state index in [9.17, 15) is 24.0 Å². The Morgan fingerprint density at radius 2 is 1.43 bits per heavy atom. The van der Waals surface area contributed by atoms with Crippen LogP contribution in [0.2, 0.25) is 0 Å². The van der Waals surface area contributed by atoms with Crippen LogP contribution in [0.5, 0.6) is 0 Å². The Morgan fingerprint density at radius 3 is 2.06 bits per heavy atom. The Hall–Kier alpha value is -3.32. The lowest BCUT2D eigenvalue weighted by Gasteiger charge is -2.51. The summed E-state index contributed by atoms with van der Waals surface area (Å²) >= 11 is 4.26. The fourth-order valence-corrected chi connectivity index (χ4v) is 6.31. The summed E-state index contributed by atoms with van der Waals surface area (Å²) in [5, 5.41) is 2.86. The molecule has 16 nitrogen and oxygen atoms in total. The molecule has 1 aromatic carbocycles. The van der Waals surface area contributed by atoms with Crippen LogP contribution in [-0.2, 0) is 71.3 Å². The van der Waals surface area contributed by atoms with E-state index in [1.165, 1.54) is 13.8 Å². The van der Waals surface area contributed by atoms with Crippen LogP contribution in [0.25, 0.3) is 0 Å². The van der Waals surface area contributed by atoms with Gasteiger partial charge in [-0.3, -0.25) is 24.0 Å². The minimum Gasteiger partial charge on any atom is -0.463 e. The molecule has 4 rings (SSSR count). The van der Waals surface area contributed by atoms with E-state index >= 15 is 0 Å². The SMILES string of the molecule is CC(=O)NC1C(OCCCCCS)OC2COC(c3ccccc3)OC2C1OC1OC(COC(C)=O)C(OC(C)=O)C(OC(C)=O)C1OC(C)=O. The molecule has 0 radical (unpaired) electrons. The van der Waals surface area contributed by atoms with Gasteiger partial charge in [-0.25, -0.2) is 0 Å². The van der Waals surface area contributed by atoms with Gasteiger partial charge in [0, 0.05) is 46.8 Å². The normalized spacial score (nSPS) is 31.8. The Kier molecular flexibility index (Phi) is 15.5. The van der Waals surface area contributed by atoms with Crippen molar-refractivity contribution in [3.63, 3.8) is 0 Å². The highest BCUT2D eigenvalue weighted by molar-refractivity contribution is 7.80. The second kappa shape index (κ2) is 19.5. The maximum atomic E-state index is 12.7. The molecule has 3 heterocycles. The molecule has 0 aromatic heterocycles. The molecule has 3 aliphatic heterocycles. The molecule has 0 spiro atoms. The number of esters is 4. The van der Waals surface area contributed by atoms with Gasteiger partial charge in [-0.05, 0) is 18.6 Å². The van der Waals surface area contributed by atoms with Crippen molar-refractivity contribution in [2.75, 3.05) is 25.6 Å². The maximum absolute atomic E-state index is 12.7. The molecule has 11 atom stereocenters. The van der Waals surface area contributed by atoms with Crippen LogP contribution in [0.15, 0.2) is 30.3 Å². The van der Waals surface area contributed by atoms with Gasteiger partial charge >= 0.3 is 23.9 Å². The zero-order valence-corrected chi connectivity index (χ0v) is 30.2. The van der Waals surface area contributed by atoms with Gasteiger partial charge in [-0.1, -0.05) is 36.8 Å². The van der Waals surface area contributed by atoms with Crippen molar-refractivity contribution < 1.29 is 71.3 Å². The predicted octanol–water partition coefficient (Wildman–Crippen LogP) is 1.92. The quantitative estimate of drug-likeness (QED) is 0.115. The highest BCUT2D eigenvalue weighted by atomic mass is 32.1. The van der Waals surface area contributed by atoms with Crippen molar-refractivity contribution in [2.45, 2.75) is 122 Å². The summed E-state index contributed by atoms with van der Waals surface area (Å²) in [7, 11) is 0. The van der Waals surface area contributed by atoms with E-state index in [4.69, 9.17) is 47.4 Å². The average Bonchev–Trinajstić information content (AvgIpc) is 3.07. The number of hydrogen-bond donors (Lipinski definition) is 2. The molecule has 3 aliphatic rings. The summed E-state index contributed by atoms with van der Waals surface area (Å²) in [6.45, 7) is 5.75. The van der Waals surface area contributed by atoms with Crippen LogP contribution in [0.3, 0.4) is 0 Å². The number of carbonyl (C=O) groups excluding carboxylic acids is 5. The lowest BCUT2D eigenvalue weighted by atomic mass is 9.94. The van der Waals surface area contributed by atoms with Crippen LogP contribution < -0.4 is 5.32 Å². The molecule has 11 unspecified atom stereocenters. The molecular formula is C34H47NO15S. The van der Waals surface area contributed by atoms with Crippen LogP contribution >= 0.6 is 12.6 Å². The van der Waals surface area contributed by atoms with Crippen LogP contribution in [0.1, 0.15) is 65.7 Å². The number of benzene rings is 1. The van der Waals surface area contributed by atoms with E-state index in [2.05, 4.69) is 17.9 Å². The number of fused-ring (bicyclic) bond motifs is 1.